The molecule has 2 rings (SSSR count). The monoisotopic (exact) mass is 230 g/mol. The molecule has 1 atom stereocenters. The fraction of sp³-hybridized carbons (Fsp3) is 0.600. The minimum atomic E-state index is -2.98. The lowest BCUT2D eigenvalue weighted by molar-refractivity contribution is -0.138. The van der Waals surface area contributed by atoms with Gasteiger partial charge in [-0.2, -0.15) is 13.9 Å². The van der Waals surface area contributed by atoms with Crippen molar-refractivity contribution in [3.8, 4) is 0 Å². The lowest BCUT2D eigenvalue weighted by Gasteiger charge is -2.17. The summed E-state index contributed by atoms with van der Waals surface area (Å²) in [5, 5.41) is 12.5. The number of carbonyl (C=O) groups is 1. The van der Waals surface area contributed by atoms with Crippen LogP contribution >= 0.6 is 0 Å². The van der Waals surface area contributed by atoms with Gasteiger partial charge in [0.1, 0.15) is 12.2 Å². The van der Waals surface area contributed by atoms with E-state index in [1.807, 2.05) is 0 Å². The largest absolute Gasteiger partial charge is 0.480 e. The number of carboxylic acids is 1. The highest BCUT2D eigenvalue weighted by molar-refractivity contribution is 5.66. The van der Waals surface area contributed by atoms with Crippen LogP contribution in [0.3, 0.4) is 0 Å². The molecule has 0 saturated heterocycles. The van der Waals surface area contributed by atoms with E-state index < -0.39 is 24.4 Å². The van der Waals surface area contributed by atoms with Crippen molar-refractivity contribution in [2.75, 3.05) is 0 Å². The zero-order chi connectivity index (χ0) is 12.1. The lowest BCUT2D eigenvalue weighted by Crippen LogP contribution is -2.24. The number of aromatic nitrogens is 2. The molecule has 0 saturated carbocycles. The first-order valence-electron chi connectivity index (χ1n) is 5.00. The summed E-state index contributed by atoms with van der Waals surface area (Å²) in [5.41, 5.74) is 0.777. The lowest BCUT2D eigenvalue weighted by atomic mass is 10.1. The van der Waals surface area contributed by atoms with Gasteiger partial charge in [0.2, 0.25) is 0 Å². The molecule has 0 bridgehead atoms. The van der Waals surface area contributed by atoms with Crippen molar-refractivity contribution < 1.29 is 18.7 Å². The quantitative estimate of drug-likeness (QED) is 0.838. The van der Waals surface area contributed by atoms with Crippen molar-refractivity contribution in [2.24, 2.45) is 5.92 Å². The number of aryl methyl sites for hydroxylation is 1. The number of rotatable bonds is 2. The molecule has 1 N–H and O–H groups in total. The van der Waals surface area contributed by atoms with Gasteiger partial charge in [-0.05, 0) is 13.3 Å². The van der Waals surface area contributed by atoms with Crippen molar-refractivity contribution in [1.29, 1.82) is 0 Å². The highest BCUT2D eigenvalue weighted by Crippen LogP contribution is 2.46. The Bertz CT molecular complexity index is 454. The SMILES string of the molecule is Cc1nn(CC(=O)O)c2c1CC(C)C2(F)F. The zero-order valence-electron chi connectivity index (χ0n) is 9.00. The normalized spacial score (nSPS) is 22.1. The Hall–Kier alpha value is -1.46. The molecule has 4 nitrogen and oxygen atoms in total. The fourth-order valence-corrected chi connectivity index (χ4v) is 2.15. The van der Waals surface area contributed by atoms with E-state index in [1.165, 1.54) is 6.92 Å². The summed E-state index contributed by atoms with van der Waals surface area (Å²) in [4.78, 5) is 10.6. The number of aliphatic carboxylic acids is 1. The van der Waals surface area contributed by atoms with Gasteiger partial charge in [0.05, 0.1) is 5.69 Å². The average Bonchev–Trinajstić information content (AvgIpc) is 2.53. The molecule has 1 aliphatic carbocycles. The highest BCUT2D eigenvalue weighted by atomic mass is 19.3. The third-order valence-corrected chi connectivity index (χ3v) is 2.98. The first-order valence-corrected chi connectivity index (χ1v) is 5.00. The molecule has 1 heterocycles. The van der Waals surface area contributed by atoms with Crippen LogP contribution in [0.15, 0.2) is 0 Å². The van der Waals surface area contributed by atoms with Gasteiger partial charge in [0.15, 0.2) is 0 Å². The van der Waals surface area contributed by atoms with Crippen LogP contribution in [0.4, 0.5) is 8.78 Å². The van der Waals surface area contributed by atoms with Crippen LogP contribution < -0.4 is 0 Å². The van der Waals surface area contributed by atoms with E-state index >= 15 is 0 Å². The second-order valence-corrected chi connectivity index (χ2v) is 4.19. The molecular weight excluding hydrogens is 218 g/mol. The topological polar surface area (TPSA) is 55.1 Å². The number of alkyl halides is 2. The first-order chi connectivity index (χ1) is 7.34. The van der Waals surface area contributed by atoms with Gasteiger partial charge >= 0.3 is 5.97 Å². The minimum absolute atomic E-state index is 0.222. The Labute approximate surface area is 90.9 Å². The maximum absolute atomic E-state index is 13.8. The molecule has 0 spiro atoms. The number of carboxylic acid groups (broad SMARTS) is 1. The predicted octanol–water partition coefficient (Wildman–Crippen LogP) is 1.56. The number of nitrogens with zero attached hydrogens (tertiary/aromatic N) is 2. The number of fused-ring (bicyclic) bond motifs is 1. The second-order valence-electron chi connectivity index (χ2n) is 4.19. The molecule has 88 valence electrons. The van der Waals surface area contributed by atoms with E-state index in [2.05, 4.69) is 5.10 Å². The highest BCUT2D eigenvalue weighted by Gasteiger charge is 2.50. The first kappa shape index (κ1) is 11.0. The number of halogens is 2. The van der Waals surface area contributed by atoms with E-state index in [0.29, 0.717) is 11.3 Å². The molecule has 0 fully saturated rings. The maximum Gasteiger partial charge on any atom is 0.325 e. The van der Waals surface area contributed by atoms with Gasteiger partial charge in [0, 0.05) is 11.5 Å². The van der Waals surface area contributed by atoms with Gasteiger partial charge in [-0.15, -0.1) is 0 Å². The predicted molar refractivity (Wildman–Crippen MR) is 51.4 cm³/mol. The van der Waals surface area contributed by atoms with Crippen molar-refractivity contribution >= 4 is 5.97 Å². The standard InChI is InChI=1S/C10H12F2N2O2/c1-5-3-7-6(2)13-14(4-8(15)16)9(7)10(5,11)12/h5H,3-4H2,1-2H3,(H,15,16). The number of hydrogen-bond donors (Lipinski definition) is 1. The summed E-state index contributed by atoms with van der Waals surface area (Å²) in [6.45, 7) is 2.58. The van der Waals surface area contributed by atoms with Crippen LogP contribution in [0.1, 0.15) is 23.9 Å². The van der Waals surface area contributed by atoms with Crippen molar-refractivity contribution in [1.82, 2.24) is 9.78 Å². The van der Waals surface area contributed by atoms with Crippen LogP contribution in [0.2, 0.25) is 0 Å². The molecule has 1 aromatic rings. The molecule has 0 radical (unpaired) electrons. The van der Waals surface area contributed by atoms with Gasteiger partial charge in [-0.3, -0.25) is 9.48 Å². The average molecular weight is 230 g/mol. The van der Waals surface area contributed by atoms with E-state index in [4.69, 9.17) is 5.11 Å². The Balaban J connectivity index is 2.52. The molecule has 0 aromatic carbocycles. The molecular formula is C10H12F2N2O2. The summed E-state index contributed by atoms with van der Waals surface area (Å²) in [5.74, 6) is -4.94. The zero-order valence-corrected chi connectivity index (χ0v) is 9.00. The van der Waals surface area contributed by atoms with Crippen LogP contribution in [0, 0.1) is 12.8 Å². The van der Waals surface area contributed by atoms with E-state index in [0.717, 1.165) is 4.68 Å². The molecule has 0 amide bonds. The van der Waals surface area contributed by atoms with E-state index in [1.54, 1.807) is 6.92 Å². The number of hydrogen-bond acceptors (Lipinski definition) is 2. The van der Waals surface area contributed by atoms with Crippen LogP contribution in [-0.4, -0.2) is 20.9 Å². The fourth-order valence-electron chi connectivity index (χ4n) is 2.15. The van der Waals surface area contributed by atoms with Crippen molar-refractivity contribution in [3.63, 3.8) is 0 Å². The van der Waals surface area contributed by atoms with Gasteiger partial charge < -0.3 is 5.11 Å². The maximum atomic E-state index is 13.8. The summed E-state index contributed by atoms with van der Waals surface area (Å²) < 4.78 is 28.5. The summed E-state index contributed by atoms with van der Waals surface area (Å²) in [7, 11) is 0. The van der Waals surface area contributed by atoms with Crippen molar-refractivity contribution in [2.45, 2.75) is 32.7 Å². The third-order valence-electron chi connectivity index (χ3n) is 2.98. The van der Waals surface area contributed by atoms with E-state index in [9.17, 15) is 13.6 Å². The van der Waals surface area contributed by atoms with Crippen molar-refractivity contribution in [3.05, 3.63) is 17.0 Å². The van der Waals surface area contributed by atoms with Crippen LogP contribution in [0.25, 0.3) is 0 Å². The van der Waals surface area contributed by atoms with Crippen LogP contribution in [-0.2, 0) is 23.7 Å². The minimum Gasteiger partial charge on any atom is -0.480 e. The third kappa shape index (κ3) is 1.40. The van der Waals surface area contributed by atoms with E-state index in [-0.39, 0.29) is 12.1 Å². The summed E-state index contributed by atoms with van der Waals surface area (Å²) in [6.07, 6.45) is 0.258. The molecule has 6 heteroatoms. The Kier molecular flexibility index (Phi) is 2.25. The Morgan fingerprint density at radius 3 is 2.88 bits per heavy atom. The molecule has 16 heavy (non-hydrogen) atoms. The van der Waals surface area contributed by atoms with Gasteiger partial charge in [0.25, 0.3) is 5.92 Å². The Morgan fingerprint density at radius 1 is 1.69 bits per heavy atom. The second kappa shape index (κ2) is 3.26. The molecule has 0 aliphatic heterocycles. The van der Waals surface area contributed by atoms with Gasteiger partial charge in [-0.25, -0.2) is 0 Å². The van der Waals surface area contributed by atoms with Gasteiger partial charge in [-0.1, -0.05) is 6.92 Å². The van der Waals surface area contributed by atoms with Crippen LogP contribution in [0.5, 0.6) is 0 Å². The molecule has 1 aromatic heterocycles. The molecule has 1 unspecified atom stereocenters. The summed E-state index contributed by atoms with van der Waals surface area (Å²) in [6, 6.07) is 0. The smallest absolute Gasteiger partial charge is 0.325 e. The summed E-state index contributed by atoms with van der Waals surface area (Å²) >= 11 is 0. The Morgan fingerprint density at radius 2 is 2.31 bits per heavy atom. The molecule has 1 aliphatic rings.